The van der Waals surface area contributed by atoms with E-state index in [1.165, 1.54) is 17.1 Å². The minimum atomic E-state index is -0.0146. The van der Waals surface area contributed by atoms with Crippen LogP contribution in [0, 0.1) is 6.92 Å². The number of aromatic nitrogens is 3. The van der Waals surface area contributed by atoms with Crippen LogP contribution < -0.4 is 5.56 Å². The topological polar surface area (TPSA) is 47.8 Å². The fraction of sp³-hybridized carbons (Fsp3) is 0.312. The summed E-state index contributed by atoms with van der Waals surface area (Å²) in [6.45, 7) is 6.73. The van der Waals surface area contributed by atoms with Gasteiger partial charge in [-0.25, -0.2) is 4.98 Å². The van der Waals surface area contributed by atoms with Gasteiger partial charge in [0, 0.05) is 0 Å². The largest absolute Gasteiger partial charge is 0.294 e. The van der Waals surface area contributed by atoms with Gasteiger partial charge in [-0.3, -0.25) is 9.36 Å². The number of rotatable bonds is 3. The lowest BCUT2D eigenvalue weighted by Gasteiger charge is -2.08. The molecule has 0 N–H and O–H groups in total. The molecule has 0 amide bonds. The number of aryl methyl sites for hydroxylation is 1. The van der Waals surface area contributed by atoms with Crippen LogP contribution in [0.4, 0.5) is 0 Å². The Morgan fingerprint density at radius 3 is 2.62 bits per heavy atom. The molecule has 0 fully saturated rings. The molecule has 2 aromatic heterocycles. The van der Waals surface area contributed by atoms with Crippen molar-refractivity contribution in [3.05, 3.63) is 57.8 Å². The predicted octanol–water partition coefficient (Wildman–Crippen LogP) is 3.33. The predicted molar refractivity (Wildman–Crippen MR) is 86.0 cm³/mol. The molecule has 0 spiro atoms. The van der Waals surface area contributed by atoms with Gasteiger partial charge in [-0.15, -0.1) is 0 Å². The smallest absolute Gasteiger partial charge is 0.264 e. The van der Waals surface area contributed by atoms with Gasteiger partial charge in [-0.05, 0) is 35.5 Å². The zero-order valence-corrected chi connectivity index (χ0v) is 13.1. The number of benzene rings is 1. The van der Waals surface area contributed by atoms with Gasteiger partial charge >= 0.3 is 0 Å². The van der Waals surface area contributed by atoms with Crippen LogP contribution in [-0.2, 0) is 6.54 Å². The van der Waals surface area contributed by atoms with Crippen molar-refractivity contribution in [1.29, 1.82) is 0 Å². The van der Waals surface area contributed by atoms with E-state index in [9.17, 15) is 4.79 Å². The molecule has 108 valence electrons. The second-order valence-electron chi connectivity index (χ2n) is 5.52. The molecule has 0 aliphatic heterocycles. The monoisotopic (exact) mass is 299 g/mol. The molecule has 0 aliphatic rings. The summed E-state index contributed by atoms with van der Waals surface area (Å²) in [5.74, 6) is 0.513. The Balaban J connectivity index is 1.96. The van der Waals surface area contributed by atoms with Crippen LogP contribution >= 0.6 is 11.5 Å². The van der Waals surface area contributed by atoms with E-state index in [4.69, 9.17) is 0 Å². The molecular formula is C16H17N3OS. The van der Waals surface area contributed by atoms with Gasteiger partial charge in [0.05, 0.1) is 24.0 Å². The summed E-state index contributed by atoms with van der Waals surface area (Å²) in [6, 6.07) is 8.39. The molecule has 0 radical (unpaired) electrons. The van der Waals surface area contributed by atoms with Crippen LogP contribution in [0.5, 0.6) is 0 Å². The summed E-state index contributed by atoms with van der Waals surface area (Å²) in [6.07, 6.45) is 1.61. The molecular weight excluding hydrogens is 282 g/mol. The normalized spacial score (nSPS) is 11.4. The Bertz CT molecular complexity index is 831. The van der Waals surface area contributed by atoms with Gasteiger partial charge in [0.2, 0.25) is 0 Å². The van der Waals surface area contributed by atoms with Gasteiger partial charge in [0.15, 0.2) is 4.83 Å². The van der Waals surface area contributed by atoms with E-state index in [0.717, 1.165) is 11.3 Å². The first kappa shape index (κ1) is 13.9. The SMILES string of the molecule is Cc1nsc2ncn(Cc3ccc(C(C)C)cc3)c(=O)c12. The van der Waals surface area contributed by atoms with Crippen LogP contribution in [0.15, 0.2) is 35.4 Å². The van der Waals surface area contributed by atoms with Gasteiger partial charge in [0.25, 0.3) is 5.56 Å². The average molecular weight is 299 g/mol. The maximum Gasteiger partial charge on any atom is 0.264 e. The highest BCUT2D eigenvalue weighted by Crippen LogP contribution is 2.17. The molecule has 3 aromatic rings. The maximum absolute atomic E-state index is 12.5. The standard InChI is InChI=1S/C16H17N3OS/c1-10(2)13-6-4-12(5-7-13)8-19-9-17-15-14(16(19)20)11(3)18-21-15/h4-7,9-10H,8H2,1-3H3. The van der Waals surface area contributed by atoms with Crippen LogP contribution in [-0.4, -0.2) is 13.9 Å². The Hall–Kier alpha value is -2.01. The molecule has 3 rings (SSSR count). The molecule has 21 heavy (non-hydrogen) atoms. The third-order valence-electron chi connectivity index (χ3n) is 3.63. The number of hydrogen-bond donors (Lipinski definition) is 0. The highest BCUT2D eigenvalue weighted by atomic mass is 32.1. The molecule has 0 saturated carbocycles. The Kier molecular flexibility index (Phi) is 3.59. The summed E-state index contributed by atoms with van der Waals surface area (Å²) < 4.78 is 5.85. The van der Waals surface area contributed by atoms with E-state index in [-0.39, 0.29) is 5.56 Å². The lowest BCUT2D eigenvalue weighted by molar-refractivity contribution is 0.747. The lowest BCUT2D eigenvalue weighted by atomic mass is 10.0. The molecule has 0 bridgehead atoms. The third-order valence-corrected chi connectivity index (χ3v) is 4.48. The van der Waals surface area contributed by atoms with Crippen LogP contribution in [0.25, 0.3) is 10.2 Å². The molecule has 0 saturated heterocycles. The summed E-state index contributed by atoms with van der Waals surface area (Å²) in [7, 11) is 0. The number of fused-ring (bicyclic) bond motifs is 1. The molecule has 5 heteroatoms. The second kappa shape index (κ2) is 5.41. The minimum absolute atomic E-state index is 0.0146. The Labute approximate surface area is 127 Å². The lowest BCUT2D eigenvalue weighted by Crippen LogP contribution is -2.21. The molecule has 4 nitrogen and oxygen atoms in total. The highest BCUT2D eigenvalue weighted by Gasteiger charge is 2.10. The quantitative estimate of drug-likeness (QED) is 0.745. The zero-order valence-electron chi connectivity index (χ0n) is 12.3. The first-order valence-electron chi connectivity index (χ1n) is 6.96. The summed E-state index contributed by atoms with van der Waals surface area (Å²) in [4.78, 5) is 17.5. The van der Waals surface area contributed by atoms with E-state index in [2.05, 4.69) is 47.5 Å². The maximum atomic E-state index is 12.5. The minimum Gasteiger partial charge on any atom is -0.294 e. The van der Waals surface area contributed by atoms with Crippen molar-refractivity contribution in [2.24, 2.45) is 0 Å². The molecule has 0 unspecified atom stereocenters. The van der Waals surface area contributed by atoms with E-state index < -0.39 is 0 Å². The van der Waals surface area contributed by atoms with Crippen molar-refractivity contribution in [2.75, 3.05) is 0 Å². The van der Waals surface area contributed by atoms with Gasteiger partial charge in [-0.2, -0.15) is 4.37 Å². The third kappa shape index (κ3) is 2.61. The zero-order chi connectivity index (χ0) is 15.0. The number of hydrogen-bond acceptors (Lipinski definition) is 4. The van der Waals surface area contributed by atoms with E-state index in [0.29, 0.717) is 22.7 Å². The number of nitrogens with zero attached hydrogens (tertiary/aromatic N) is 3. The summed E-state index contributed by atoms with van der Waals surface area (Å²) in [5.41, 5.74) is 3.15. The van der Waals surface area contributed by atoms with Crippen LogP contribution in [0.3, 0.4) is 0 Å². The second-order valence-corrected chi connectivity index (χ2v) is 6.27. The van der Waals surface area contributed by atoms with Crippen LogP contribution in [0.2, 0.25) is 0 Å². The Morgan fingerprint density at radius 1 is 1.24 bits per heavy atom. The van der Waals surface area contributed by atoms with E-state index in [1.807, 2.05) is 6.92 Å². The first-order chi connectivity index (χ1) is 10.1. The van der Waals surface area contributed by atoms with Gasteiger partial charge < -0.3 is 0 Å². The first-order valence-corrected chi connectivity index (χ1v) is 7.74. The van der Waals surface area contributed by atoms with Crippen molar-refractivity contribution in [2.45, 2.75) is 33.2 Å². The van der Waals surface area contributed by atoms with Crippen molar-refractivity contribution >= 4 is 21.7 Å². The van der Waals surface area contributed by atoms with Crippen LogP contribution in [0.1, 0.15) is 36.6 Å². The van der Waals surface area contributed by atoms with Crippen molar-refractivity contribution < 1.29 is 0 Å². The van der Waals surface area contributed by atoms with Gasteiger partial charge in [-0.1, -0.05) is 38.1 Å². The molecule has 2 heterocycles. The average Bonchev–Trinajstić information content (AvgIpc) is 2.85. The van der Waals surface area contributed by atoms with E-state index >= 15 is 0 Å². The fourth-order valence-electron chi connectivity index (χ4n) is 2.33. The Morgan fingerprint density at radius 2 is 1.95 bits per heavy atom. The molecule has 1 aromatic carbocycles. The van der Waals surface area contributed by atoms with Gasteiger partial charge in [0.1, 0.15) is 0 Å². The summed E-state index contributed by atoms with van der Waals surface area (Å²) in [5, 5.41) is 0.640. The summed E-state index contributed by atoms with van der Waals surface area (Å²) >= 11 is 1.27. The van der Waals surface area contributed by atoms with Crippen molar-refractivity contribution in [1.82, 2.24) is 13.9 Å². The van der Waals surface area contributed by atoms with Crippen molar-refractivity contribution in [3.63, 3.8) is 0 Å². The highest BCUT2D eigenvalue weighted by molar-refractivity contribution is 7.12. The molecule has 0 aliphatic carbocycles. The van der Waals surface area contributed by atoms with E-state index in [1.54, 1.807) is 10.9 Å². The fourth-order valence-corrected chi connectivity index (χ4v) is 3.06. The van der Waals surface area contributed by atoms with Crippen molar-refractivity contribution in [3.8, 4) is 0 Å². The molecule has 0 atom stereocenters.